The first-order valence-corrected chi connectivity index (χ1v) is 12.1. The number of carbonyl (C=O) groups is 2. The van der Waals surface area contributed by atoms with Crippen molar-refractivity contribution in [1.82, 2.24) is 14.3 Å². The molecule has 3 aliphatic rings. The zero-order valence-electron chi connectivity index (χ0n) is 18.1. The molecule has 34 heavy (non-hydrogen) atoms. The molecule has 0 aliphatic carbocycles. The molecule has 178 valence electrons. The van der Waals surface area contributed by atoms with Crippen LogP contribution >= 0.6 is 24.0 Å². The van der Waals surface area contributed by atoms with Crippen LogP contribution in [0.2, 0.25) is 0 Å². The third-order valence-corrected chi connectivity index (χ3v) is 7.46. The number of anilines is 1. The highest BCUT2D eigenvalue weighted by molar-refractivity contribution is 8.26. The highest BCUT2D eigenvalue weighted by Gasteiger charge is 2.41. The predicted octanol–water partition coefficient (Wildman–Crippen LogP) is 1.71. The lowest BCUT2D eigenvalue weighted by Crippen LogP contribution is -2.46. The van der Waals surface area contributed by atoms with Crippen LogP contribution in [-0.2, 0) is 19.1 Å². The minimum Gasteiger partial charge on any atom is -0.481 e. The van der Waals surface area contributed by atoms with E-state index in [1.54, 1.807) is 18.3 Å². The van der Waals surface area contributed by atoms with E-state index in [9.17, 15) is 14.4 Å². The summed E-state index contributed by atoms with van der Waals surface area (Å²) in [4.78, 5) is 45.7. The van der Waals surface area contributed by atoms with Gasteiger partial charge in [0.1, 0.15) is 15.8 Å². The molecule has 12 heteroatoms. The summed E-state index contributed by atoms with van der Waals surface area (Å²) in [7, 11) is 0. The molecule has 3 fully saturated rings. The number of carbonyl (C=O) groups excluding carboxylic acids is 1. The van der Waals surface area contributed by atoms with Crippen molar-refractivity contribution in [2.24, 2.45) is 0 Å². The maximum atomic E-state index is 13.5. The number of fused-ring (bicyclic) bond motifs is 1. The minimum atomic E-state index is -1.02. The van der Waals surface area contributed by atoms with Crippen LogP contribution in [-0.4, -0.2) is 74.2 Å². The topological polar surface area (TPSA) is 114 Å². The van der Waals surface area contributed by atoms with E-state index in [1.807, 2.05) is 11.0 Å². The normalized spacial score (nSPS) is 21.4. The van der Waals surface area contributed by atoms with E-state index in [0.717, 1.165) is 11.8 Å². The summed E-state index contributed by atoms with van der Waals surface area (Å²) >= 11 is 6.34. The Morgan fingerprint density at radius 2 is 1.97 bits per heavy atom. The fraction of sp³-hybridized carbons (Fsp3) is 0.409. The second kappa shape index (κ2) is 9.10. The monoisotopic (exact) mass is 502 g/mol. The summed E-state index contributed by atoms with van der Waals surface area (Å²) in [5, 5.41) is 8.96. The Kier molecular flexibility index (Phi) is 6.15. The lowest BCUT2D eigenvalue weighted by molar-refractivity contribution is -0.169. The number of piperidine rings is 1. The highest BCUT2D eigenvalue weighted by Crippen LogP contribution is 2.36. The number of carboxylic acids is 1. The molecule has 10 nitrogen and oxygen atoms in total. The number of hydrogen-bond donors (Lipinski definition) is 1. The van der Waals surface area contributed by atoms with Gasteiger partial charge in [0.2, 0.25) is 0 Å². The summed E-state index contributed by atoms with van der Waals surface area (Å²) < 4.78 is 13.3. The maximum absolute atomic E-state index is 13.5. The number of hydrogen-bond acceptors (Lipinski definition) is 9. The quantitative estimate of drug-likeness (QED) is 0.479. The predicted molar refractivity (Wildman–Crippen MR) is 130 cm³/mol. The van der Waals surface area contributed by atoms with Crippen molar-refractivity contribution < 1.29 is 24.2 Å². The maximum Gasteiger partial charge on any atom is 0.305 e. The van der Waals surface area contributed by atoms with Gasteiger partial charge in [0, 0.05) is 38.7 Å². The molecular formula is C22H22N4O6S2. The molecule has 1 N–H and O–H groups in total. The van der Waals surface area contributed by atoms with Crippen molar-refractivity contribution >= 4 is 57.7 Å². The number of thioether (sulfide) groups is 1. The Morgan fingerprint density at radius 3 is 2.68 bits per heavy atom. The summed E-state index contributed by atoms with van der Waals surface area (Å²) in [6.07, 6.45) is 4.22. The van der Waals surface area contributed by atoms with Crippen molar-refractivity contribution in [3.05, 3.63) is 45.2 Å². The lowest BCUT2D eigenvalue weighted by Gasteiger charge is -2.38. The lowest BCUT2D eigenvalue weighted by atomic mass is 10.0. The summed E-state index contributed by atoms with van der Waals surface area (Å²) in [5.74, 6) is -1.52. The number of aromatic nitrogens is 2. The summed E-state index contributed by atoms with van der Waals surface area (Å²) in [5.41, 5.74) is 0.485. The SMILES string of the molecule is O=C(O)CCN1C(=O)/C(=C\c2c(N3CCC4(CC3)OCCO4)nc3ccccn3c2=O)SC1=S. The Balaban J connectivity index is 1.52. The zero-order valence-corrected chi connectivity index (χ0v) is 19.8. The molecule has 0 unspecified atom stereocenters. The van der Waals surface area contributed by atoms with Gasteiger partial charge in [-0.3, -0.25) is 23.7 Å². The van der Waals surface area contributed by atoms with Gasteiger partial charge in [0.05, 0.1) is 30.1 Å². The molecule has 0 radical (unpaired) electrons. The van der Waals surface area contributed by atoms with Crippen molar-refractivity contribution in [3.8, 4) is 0 Å². The van der Waals surface area contributed by atoms with Crippen LogP contribution in [0, 0.1) is 0 Å². The van der Waals surface area contributed by atoms with E-state index in [2.05, 4.69) is 0 Å². The van der Waals surface area contributed by atoms with E-state index >= 15 is 0 Å². The van der Waals surface area contributed by atoms with E-state index in [0.29, 0.717) is 50.6 Å². The molecule has 3 aliphatic heterocycles. The molecule has 1 amide bonds. The number of aliphatic carboxylic acids is 1. The molecule has 3 saturated heterocycles. The molecule has 2 aromatic rings. The van der Waals surface area contributed by atoms with E-state index < -0.39 is 17.7 Å². The largest absolute Gasteiger partial charge is 0.481 e. The van der Waals surface area contributed by atoms with Crippen molar-refractivity contribution in [2.75, 3.05) is 37.7 Å². The Morgan fingerprint density at radius 1 is 1.24 bits per heavy atom. The Hall–Kier alpha value is -2.80. The number of thiocarbonyl (C=S) groups is 1. The first-order valence-electron chi connectivity index (χ1n) is 10.9. The number of nitrogens with zero attached hydrogens (tertiary/aromatic N) is 4. The van der Waals surface area contributed by atoms with Gasteiger partial charge >= 0.3 is 5.97 Å². The fourth-order valence-corrected chi connectivity index (χ4v) is 5.62. The number of pyridine rings is 1. The van der Waals surface area contributed by atoms with Gasteiger partial charge in [0.25, 0.3) is 11.5 Å². The van der Waals surface area contributed by atoms with Crippen LogP contribution in [0.5, 0.6) is 0 Å². The fourth-order valence-electron chi connectivity index (χ4n) is 4.33. The van der Waals surface area contributed by atoms with Gasteiger partial charge in [-0.1, -0.05) is 30.0 Å². The number of carboxylic acid groups (broad SMARTS) is 1. The van der Waals surface area contributed by atoms with Gasteiger partial charge in [-0.05, 0) is 18.2 Å². The molecule has 0 saturated carbocycles. The van der Waals surface area contributed by atoms with Crippen molar-refractivity contribution in [1.29, 1.82) is 0 Å². The third kappa shape index (κ3) is 4.22. The second-order valence-corrected chi connectivity index (χ2v) is 9.83. The number of rotatable bonds is 5. The van der Waals surface area contributed by atoms with Gasteiger partial charge < -0.3 is 19.5 Å². The van der Waals surface area contributed by atoms with Crippen LogP contribution in [0.15, 0.2) is 34.1 Å². The third-order valence-electron chi connectivity index (χ3n) is 6.09. The molecule has 1 spiro atoms. The van der Waals surface area contributed by atoms with Crippen LogP contribution in [0.1, 0.15) is 24.8 Å². The van der Waals surface area contributed by atoms with Crippen LogP contribution in [0.25, 0.3) is 11.7 Å². The van der Waals surface area contributed by atoms with Crippen LogP contribution < -0.4 is 10.5 Å². The van der Waals surface area contributed by atoms with Crippen molar-refractivity contribution in [3.63, 3.8) is 0 Å². The molecule has 5 rings (SSSR count). The summed E-state index contributed by atoms with van der Waals surface area (Å²) in [6.45, 7) is 2.29. The molecular weight excluding hydrogens is 480 g/mol. The van der Waals surface area contributed by atoms with E-state index in [4.69, 9.17) is 31.8 Å². The van der Waals surface area contributed by atoms with Crippen LogP contribution in [0.3, 0.4) is 0 Å². The van der Waals surface area contributed by atoms with Crippen LogP contribution in [0.4, 0.5) is 5.82 Å². The van der Waals surface area contributed by atoms with E-state index in [1.165, 1.54) is 15.4 Å². The zero-order chi connectivity index (χ0) is 23.9. The molecule has 0 aromatic carbocycles. The summed E-state index contributed by atoms with van der Waals surface area (Å²) in [6, 6.07) is 5.31. The molecule has 0 atom stereocenters. The first kappa shape index (κ1) is 23.0. The van der Waals surface area contributed by atoms with Gasteiger partial charge in [-0.2, -0.15) is 0 Å². The highest BCUT2D eigenvalue weighted by atomic mass is 32.2. The molecule has 5 heterocycles. The van der Waals surface area contributed by atoms with Gasteiger partial charge in [0.15, 0.2) is 5.79 Å². The first-order chi connectivity index (χ1) is 16.4. The average Bonchev–Trinajstić information content (AvgIpc) is 3.38. The standard InChI is InChI=1S/C22H22N4O6S2/c27-17(28)4-8-26-20(30)15(34-21(26)33)13-14-18(23-16-3-1-2-7-25(16)19(14)29)24-9-5-22(6-10-24)31-11-12-32-22/h1-3,7,13H,4-6,8-12H2,(H,27,28)/b15-13+. The average molecular weight is 503 g/mol. The number of ether oxygens (including phenoxy) is 2. The minimum absolute atomic E-state index is 0.0205. The second-order valence-electron chi connectivity index (χ2n) is 8.15. The molecule has 0 bridgehead atoms. The Labute approximate surface area is 204 Å². The Bertz CT molecular complexity index is 1260. The van der Waals surface area contributed by atoms with Crippen molar-refractivity contribution in [2.45, 2.75) is 25.0 Å². The van der Waals surface area contributed by atoms with Gasteiger partial charge in [-0.25, -0.2) is 4.98 Å². The smallest absolute Gasteiger partial charge is 0.305 e. The van der Waals surface area contributed by atoms with E-state index in [-0.39, 0.29) is 33.3 Å². The molecule has 2 aromatic heterocycles. The van der Waals surface area contributed by atoms with Gasteiger partial charge in [-0.15, -0.1) is 0 Å². The number of amides is 1.